The summed E-state index contributed by atoms with van der Waals surface area (Å²) in [7, 11) is 0. The quantitative estimate of drug-likeness (QED) is 0.753. The molecule has 3 fully saturated rings. The molecule has 0 saturated carbocycles. The smallest absolute Gasteiger partial charge is 0.124 e. The number of likely N-dealkylation sites (tertiary alicyclic amines) is 1. The molecule has 162 valence electrons. The van der Waals surface area contributed by atoms with Crippen LogP contribution in [0.4, 0.5) is 0 Å². The second kappa shape index (κ2) is 9.27. The number of nitrogens with zero attached hydrogens (tertiary/aromatic N) is 3. The first-order valence-corrected chi connectivity index (χ1v) is 11.7. The van der Waals surface area contributed by atoms with E-state index >= 15 is 0 Å². The molecule has 3 atom stereocenters. The van der Waals surface area contributed by atoms with Crippen molar-refractivity contribution in [3.05, 3.63) is 46.8 Å². The molecule has 1 N–H and O–H groups in total. The van der Waals surface area contributed by atoms with Crippen molar-refractivity contribution in [3.63, 3.8) is 0 Å². The average molecular weight is 431 g/mol. The van der Waals surface area contributed by atoms with Gasteiger partial charge in [0.25, 0.3) is 0 Å². The van der Waals surface area contributed by atoms with E-state index in [9.17, 15) is 0 Å². The molecular formula is C23H31ClN4O2. The zero-order chi connectivity index (χ0) is 20.3. The van der Waals surface area contributed by atoms with Crippen molar-refractivity contribution in [1.82, 2.24) is 20.3 Å². The summed E-state index contributed by atoms with van der Waals surface area (Å²) >= 11 is 6.45. The Labute approximate surface area is 183 Å². The molecule has 1 aromatic heterocycles. The topological polar surface area (TPSA) is 53.8 Å². The average Bonchev–Trinajstić information content (AvgIpc) is 3.48. The monoisotopic (exact) mass is 430 g/mol. The number of halogens is 1. The van der Waals surface area contributed by atoms with Gasteiger partial charge in [-0.25, -0.2) is 0 Å². The van der Waals surface area contributed by atoms with Crippen LogP contribution in [0.1, 0.15) is 43.0 Å². The van der Waals surface area contributed by atoms with Crippen LogP contribution in [0.5, 0.6) is 5.75 Å². The minimum Gasteiger partial charge on any atom is -0.493 e. The van der Waals surface area contributed by atoms with E-state index in [1.165, 1.54) is 37.9 Å². The van der Waals surface area contributed by atoms with Gasteiger partial charge in [-0.3, -0.25) is 9.80 Å². The highest BCUT2D eigenvalue weighted by molar-refractivity contribution is 6.31. The molecular weight excluding hydrogens is 400 g/mol. The van der Waals surface area contributed by atoms with Crippen LogP contribution in [-0.2, 0) is 6.54 Å². The highest BCUT2D eigenvalue weighted by atomic mass is 35.5. The molecule has 0 aliphatic carbocycles. The van der Waals surface area contributed by atoms with Gasteiger partial charge in [0.05, 0.1) is 12.6 Å². The highest BCUT2D eigenvalue weighted by Crippen LogP contribution is 2.33. The zero-order valence-corrected chi connectivity index (χ0v) is 18.2. The van der Waals surface area contributed by atoms with Crippen LogP contribution >= 0.6 is 11.6 Å². The second-order valence-corrected chi connectivity index (χ2v) is 9.32. The summed E-state index contributed by atoms with van der Waals surface area (Å²) in [5, 5.41) is 8.64. The third kappa shape index (κ3) is 4.52. The summed E-state index contributed by atoms with van der Waals surface area (Å²) in [5.74, 6) is 1.49. The first-order chi connectivity index (χ1) is 14.8. The van der Waals surface area contributed by atoms with Crippen LogP contribution in [0.25, 0.3) is 0 Å². The molecule has 0 spiro atoms. The van der Waals surface area contributed by atoms with E-state index in [1.54, 1.807) is 6.26 Å². The maximum Gasteiger partial charge on any atom is 0.124 e. The van der Waals surface area contributed by atoms with Gasteiger partial charge in [0, 0.05) is 49.2 Å². The number of nitrogens with one attached hydrogen (secondary N) is 1. The molecule has 1 aromatic carbocycles. The van der Waals surface area contributed by atoms with Crippen LogP contribution < -0.4 is 10.1 Å². The van der Waals surface area contributed by atoms with E-state index < -0.39 is 0 Å². The van der Waals surface area contributed by atoms with Crippen molar-refractivity contribution in [1.29, 1.82) is 0 Å². The summed E-state index contributed by atoms with van der Waals surface area (Å²) < 4.78 is 11.3. The van der Waals surface area contributed by atoms with E-state index in [4.69, 9.17) is 20.9 Å². The maximum atomic E-state index is 6.45. The van der Waals surface area contributed by atoms with Crippen LogP contribution in [0, 0.1) is 5.92 Å². The first kappa shape index (κ1) is 20.3. The number of hydrogen-bond donors (Lipinski definition) is 1. The largest absolute Gasteiger partial charge is 0.493 e. The lowest BCUT2D eigenvalue weighted by atomic mass is 9.87. The predicted octanol–water partition coefficient (Wildman–Crippen LogP) is 3.73. The van der Waals surface area contributed by atoms with Crippen molar-refractivity contribution in [2.75, 3.05) is 39.3 Å². The molecule has 5 rings (SSSR count). The Hall–Kier alpha value is -1.60. The van der Waals surface area contributed by atoms with Gasteiger partial charge in [-0.05, 0) is 62.5 Å². The van der Waals surface area contributed by atoms with Crippen molar-refractivity contribution in [2.24, 2.45) is 5.92 Å². The summed E-state index contributed by atoms with van der Waals surface area (Å²) in [6.07, 6.45) is 6.57. The maximum absolute atomic E-state index is 6.45. The summed E-state index contributed by atoms with van der Waals surface area (Å²) in [6, 6.07) is 8.87. The molecule has 2 aromatic rings. The number of piperazine rings is 1. The van der Waals surface area contributed by atoms with Crippen molar-refractivity contribution >= 4 is 11.6 Å². The lowest BCUT2D eigenvalue weighted by Gasteiger charge is -2.46. The van der Waals surface area contributed by atoms with Crippen LogP contribution in [0.3, 0.4) is 0 Å². The van der Waals surface area contributed by atoms with Gasteiger partial charge in [-0.1, -0.05) is 16.8 Å². The number of rotatable bonds is 6. The van der Waals surface area contributed by atoms with E-state index in [0.717, 1.165) is 55.7 Å². The van der Waals surface area contributed by atoms with Crippen molar-refractivity contribution in [2.45, 2.75) is 44.3 Å². The SMILES string of the molecule is Clc1ccc(OCC2CCC3C(c4ccon4)NCCN3C2)cc1CN1CCCC1. The summed E-state index contributed by atoms with van der Waals surface area (Å²) in [5.41, 5.74) is 2.20. The molecule has 3 saturated heterocycles. The number of piperidine rings is 1. The third-order valence-corrected chi connectivity index (χ3v) is 7.22. The number of ether oxygens (including phenoxy) is 1. The Balaban J connectivity index is 1.17. The predicted molar refractivity (Wildman–Crippen MR) is 117 cm³/mol. The molecule has 0 radical (unpaired) electrons. The summed E-state index contributed by atoms with van der Waals surface area (Å²) in [6.45, 7) is 7.17. The van der Waals surface area contributed by atoms with Gasteiger partial charge >= 0.3 is 0 Å². The summed E-state index contributed by atoms with van der Waals surface area (Å²) in [4.78, 5) is 5.08. The minimum absolute atomic E-state index is 0.267. The lowest BCUT2D eigenvalue weighted by molar-refractivity contribution is 0.0374. The molecule has 3 aliphatic heterocycles. The normalized spacial score (nSPS) is 27.8. The van der Waals surface area contributed by atoms with Crippen molar-refractivity contribution < 1.29 is 9.26 Å². The molecule has 3 unspecified atom stereocenters. The van der Waals surface area contributed by atoms with Crippen LogP contribution in [-0.4, -0.2) is 60.3 Å². The van der Waals surface area contributed by atoms with E-state index in [-0.39, 0.29) is 6.04 Å². The van der Waals surface area contributed by atoms with E-state index in [2.05, 4.69) is 26.3 Å². The third-order valence-electron chi connectivity index (χ3n) is 6.85. The van der Waals surface area contributed by atoms with Gasteiger partial charge in [0.15, 0.2) is 0 Å². The number of fused-ring (bicyclic) bond motifs is 1. The Kier molecular flexibility index (Phi) is 6.27. The Morgan fingerprint density at radius 2 is 2.07 bits per heavy atom. The van der Waals surface area contributed by atoms with Gasteiger partial charge in [-0.15, -0.1) is 0 Å². The number of benzene rings is 1. The molecule has 6 nitrogen and oxygen atoms in total. The molecule has 0 bridgehead atoms. The first-order valence-electron chi connectivity index (χ1n) is 11.3. The van der Waals surface area contributed by atoms with Crippen LogP contribution in [0.15, 0.2) is 35.1 Å². The van der Waals surface area contributed by atoms with Gasteiger partial charge in [0.2, 0.25) is 0 Å². The fourth-order valence-electron chi connectivity index (χ4n) is 5.26. The molecule has 0 amide bonds. The van der Waals surface area contributed by atoms with Gasteiger partial charge in [0.1, 0.15) is 17.7 Å². The zero-order valence-electron chi connectivity index (χ0n) is 17.4. The standard InChI is InChI=1S/C23H31ClN4O2/c24-20-5-4-19(13-18(20)15-27-9-1-2-10-27)29-16-17-3-6-22-23(21-7-12-30-26-21)25-8-11-28(22)14-17/h4-5,7,12-13,17,22-23,25H,1-3,6,8-11,14-16H2. The number of hydrogen-bond acceptors (Lipinski definition) is 6. The van der Waals surface area contributed by atoms with Crippen molar-refractivity contribution in [3.8, 4) is 5.75 Å². The van der Waals surface area contributed by atoms with E-state index in [1.807, 2.05) is 18.2 Å². The van der Waals surface area contributed by atoms with Gasteiger partial charge in [-0.2, -0.15) is 0 Å². The second-order valence-electron chi connectivity index (χ2n) is 8.91. The lowest BCUT2D eigenvalue weighted by Crippen LogP contribution is -2.57. The highest BCUT2D eigenvalue weighted by Gasteiger charge is 2.38. The molecule has 7 heteroatoms. The number of aromatic nitrogens is 1. The molecule has 3 aliphatic rings. The molecule has 4 heterocycles. The fraction of sp³-hybridized carbons (Fsp3) is 0.609. The Morgan fingerprint density at radius 3 is 2.90 bits per heavy atom. The molecule has 30 heavy (non-hydrogen) atoms. The van der Waals surface area contributed by atoms with Crippen LogP contribution in [0.2, 0.25) is 5.02 Å². The fourth-order valence-corrected chi connectivity index (χ4v) is 5.44. The Bertz CT molecular complexity index is 825. The van der Waals surface area contributed by atoms with E-state index in [0.29, 0.717) is 12.0 Å². The minimum atomic E-state index is 0.267. The van der Waals surface area contributed by atoms with Gasteiger partial charge < -0.3 is 14.6 Å². The Morgan fingerprint density at radius 1 is 1.17 bits per heavy atom.